The fourth-order valence-corrected chi connectivity index (χ4v) is 3.86. The first-order chi connectivity index (χ1) is 15.4. The molecule has 2 heterocycles. The highest BCUT2D eigenvalue weighted by Crippen LogP contribution is 2.35. The molecular formula is C22H35N5O5. The summed E-state index contributed by atoms with van der Waals surface area (Å²) in [5, 5.41) is 5.94. The predicted molar refractivity (Wildman–Crippen MR) is 117 cm³/mol. The van der Waals surface area contributed by atoms with Gasteiger partial charge in [-0.05, 0) is 46.5 Å². The molecule has 2 N–H and O–H groups in total. The maximum Gasteiger partial charge on any atom is 0.406 e. The van der Waals surface area contributed by atoms with Gasteiger partial charge in [0.1, 0.15) is 11.8 Å². The number of aromatic nitrogens is 2. The Morgan fingerprint density at radius 3 is 2.81 bits per heavy atom. The van der Waals surface area contributed by atoms with Crippen molar-refractivity contribution in [3.8, 4) is 5.88 Å². The lowest BCUT2D eigenvalue weighted by atomic mass is 10.1. The van der Waals surface area contributed by atoms with E-state index < -0.39 is 12.2 Å². The third-order valence-electron chi connectivity index (χ3n) is 5.62. The Hall–Kier alpha value is -2.46. The second kappa shape index (κ2) is 11.4. The van der Waals surface area contributed by atoms with Crippen LogP contribution in [0.4, 0.5) is 4.79 Å². The standard InChI is InChI=1S/C22H35N5O5/c1-5-31-20-17(7-6-10-24-22(29)30-4)26-18(12-25-20)15(3)27(16-8-9-16)21(28)19-13-23-11-14(2)32-19/h12,14-16,19,23H,5-11,13H2,1-4H3,(H,24,29)/t14-,15?,19-/m1/s1. The van der Waals surface area contributed by atoms with Crippen LogP contribution in [-0.4, -0.2) is 78.5 Å². The average molecular weight is 450 g/mol. The number of aryl methyl sites for hydroxylation is 1. The van der Waals surface area contributed by atoms with E-state index in [1.54, 1.807) is 6.20 Å². The van der Waals surface area contributed by atoms with Crippen LogP contribution >= 0.6 is 0 Å². The summed E-state index contributed by atoms with van der Waals surface area (Å²) in [6.45, 7) is 8.06. The number of methoxy groups -OCH3 is 1. The number of ether oxygens (including phenoxy) is 3. The van der Waals surface area contributed by atoms with Crippen molar-refractivity contribution < 1.29 is 23.8 Å². The number of nitrogens with one attached hydrogen (secondary N) is 2. The zero-order chi connectivity index (χ0) is 23.1. The summed E-state index contributed by atoms with van der Waals surface area (Å²) >= 11 is 0. The zero-order valence-corrected chi connectivity index (χ0v) is 19.4. The van der Waals surface area contributed by atoms with Crippen LogP contribution in [0.1, 0.15) is 57.5 Å². The van der Waals surface area contributed by atoms with Crippen molar-refractivity contribution in [2.75, 3.05) is 33.4 Å². The molecule has 1 saturated carbocycles. The Balaban J connectivity index is 1.73. The van der Waals surface area contributed by atoms with E-state index in [4.69, 9.17) is 14.5 Å². The fraction of sp³-hybridized carbons (Fsp3) is 0.727. The summed E-state index contributed by atoms with van der Waals surface area (Å²) in [4.78, 5) is 35.8. The highest BCUT2D eigenvalue weighted by molar-refractivity contribution is 5.82. The normalized spacial score (nSPS) is 21.5. The van der Waals surface area contributed by atoms with E-state index in [2.05, 4.69) is 20.4 Å². The summed E-state index contributed by atoms with van der Waals surface area (Å²) < 4.78 is 16.2. The molecule has 3 atom stereocenters. The van der Waals surface area contributed by atoms with E-state index in [-0.39, 0.29) is 24.1 Å². The zero-order valence-electron chi connectivity index (χ0n) is 19.4. The minimum atomic E-state index is -0.485. The van der Waals surface area contributed by atoms with Gasteiger partial charge >= 0.3 is 6.09 Å². The first-order valence-electron chi connectivity index (χ1n) is 11.4. The molecule has 0 bridgehead atoms. The minimum Gasteiger partial charge on any atom is -0.477 e. The van der Waals surface area contributed by atoms with Gasteiger partial charge in [0.15, 0.2) is 0 Å². The molecule has 3 rings (SSSR count). The van der Waals surface area contributed by atoms with E-state index in [0.717, 1.165) is 30.8 Å². The van der Waals surface area contributed by atoms with Gasteiger partial charge in [-0.2, -0.15) is 0 Å². The average Bonchev–Trinajstić information content (AvgIpc) is 3.62. The molecule has 2 fully saturated rings. The number of morpholine rings is 1. The Morgan fingerprint density at radius 2 is 2.16 bits per heavy atom. The van der Waals surface area contributed by atoms with E-state index in [9.17, 15) is 9.59 Å². The largest absolute Gasteiger partial charge is 0.477 e. The van der Waals surface area contributed by atoms with Gasteiger partial charge in [-0.1, -0.05) is 0 Å². The van der Waals surface area contributed by atoms with Crippen molar-refractivity contribution in [2.24, 2.45) is 0 Å². The Kier molecular flexibility index (Phi) is 8.63. The monoisotopic (exact) mass is 449 g/mol. The van der Waals surface area contributed by atoms with Gasteiger partial charge in [-0.15, -0.1) is 0 Å². The molecular weight excluding hydrogens is 414 g/mol. The van der Waals surface area contributed by atoms with Crippen LogP contribution in [0.2, 0.25) is 0 Å². The summed E-state index contributed by atoms with van der Waals surface area (Å²) in [7, 11) is 1.33. The highest BCUT2D eigenvalue weighted by Gasteiger charge is 2.41. The van der Waals surface area contributed by atoms with E-state index >= 15 is 0 Å². The molecule has 10 heteroatoms. The van der Waals surface area contributed by atoms with Gasteiger partial charge in [0.25, 0.3) is 5.91 Å². The SMILES string of the molecule is CCOc1ncc(C(C)N(C(=O)[C@H]2CNC[C@@H](C)O2)C2CC2)nc1CCCNC(=O)OC. The van der Waals surface area contributed by atoms with Gasteiger partial charge in [-0.25, -0.2) is 14.8 Å². The molecule has 2 aliphatic rings. The number of hydrogen-bond acceptors (Lipinski definition) is 8. The minimum absolute atomic E-state index is 0.00133. The number of carbonyl (C=O) groups is 2. The number of rotatable bonds is 10. The molecule has 1 saturated heterocycles. The van der Waals surface area contributed by atoms with Gasteiger partial charge in [0.2, 0.25) is 5.88 Å². The van der Waals surface area contributed by atoms with Crippen molar-refractivity contribution >= 4 is 12.0 Å². The molecule has 1 aromatic heterocycles. The van der Waals surface area contributed by atoms with Crippen molar-refractivity contribution in [1.29, 1.82) is 0 Å². The summed E-state index contributed by atoms with van der Waals surface area (Å²) in [6.07, 6.45) is 3.97. The first kappa shape index (κ1) is 24.2. The maximum atomic E-state index is 13.3. The fourth-order valence-electron chi connectivity index (χ4n) is 3.86. The van der Waals surface area contributed by atoms with Crippen molar-refractivity contribution in [3.63, 3.8) is 0 Å². The maximum absolute atomic E-state index is 13.3. The topological polar surface area (TPSA) is 115 Å². The Bertz CT molecular complexity index is 788. The second-order valence-electron chi connectivity index (χ2n) is 8.25. The predicted octanol–water partition coefficient (Wildman–Crippen LogP) is 1.59. The number of amides is 2. The van der Waals surface area contributed by atoms with Gasteiger partial charge in [-0.3, -0.25) is 4.79 Å². The van der Waals surface area contributed by atoms with Gasteiger partial charge in [0.05, 0.1) is 37.8 Å². The highest BCUT2D eigenvalue weighted by atomic mass is 16.5. The molecule has 1 aliphatic carbocycles. The molecule has 0 radical (unpaired) electrons. The molecule has 1 aromatic rings. The van der Waals surface area contributed by atoms with Crippen LogP contribution in [0.15, 0.2) is 6.20 Å². The lowest BCUT2D eigenvalue weighted by Crippen LogP contribution is -2.53. The van der Waals surface area contributed by atoms with Crippen LogP contribution < -0.4 is 15.4 Å². The van der Waals surface area contributed by atoms with Crippen LogP contribution in [-0.2, 0) is 20.7 Å². The van der Waals surface area contributed by atoms with Crippen molar-refractivity contribution in [1.82, 2.24) is 25.5 Å². The molecule has 2 amide bonds. The number of alkyl carbamates (subject to hydrolysis) is 1. The van der Waals surface area contributed by atoms with Crippen molar-refractivity contribution in [3.05, 3.63) is 17.6 Å². The van der Waals surface area contributed by atoms with Crippen LogP contribution in [0.25, 0.3) is 0 Å². The van der Waals surface area contributed by atoms with Crippen LogP contribution in [0.3, 0.4) is 0 Å². The summed E-state index contributed by atoms with van der Waals surface area (Å²) in [5.74, 6) is 0.484. The van der Waals surface area contributed by atoms with Gasteiger partial charge in [0, 0.05) is 25.7 Å². The number of carbonyl (C=O) groups excluding carboxylic acids is 2. The summed E-state index contributed by atoms with van der Waals surface area (Å²) in [5.41, 5.74) is 1.44. The lowest BCUT2D eigenvalue weighted by molar-refractivity contribution is -0.152. The third kappa shape index (κ3) is 6.29. The Morgan fingerprint density at radius 1 is 1.38 bits per heavy atom. The molecule has 178 valence electrons. The van der Waals surface area contributed by atoms with E-state index in [0.29, 0.717) is 38.4 Å². The molecule has 1 unspecified atom stereocenters. The molecule has 32 heavy (non-hydrogen) atoms. The number of hydrogen-bond donors (Lipinski definition) is 2. The van der Waals surface area contributed by atoms with Gasteiger partial charge < -0.3 is 29.7 Å². The smallest absolute Gasteiger partial charge is 0.406 e. The second-order valence-corrected chi connectivity index (χ2v) is 8.25. The lowest BCUT2D eigenvalue weighted by Gasteiger charge is -2.35. The van der Waals surface area contributed by atoms with Crippen LogP contribution in [0, 0.1) is 0 Å². The molecule has 1 aliphatic heterocycles. The Labute approximate surface area is 189 Å². The summed E-state index contributed by atoms with van der Waals surface area (Å²) in [6, 6.07) is -0.0228. The molecule has 0 spiro atoms. The molecule has 0 aromatic carbocycles. The third-order valence-corrected chi connectivity index (χ3v) is 5.62. The van der Waals surface area contributed by atoms with E-state index in [1.807, 2.05) is 25.7 Å². The quantitative estimate of drug-likeness (QED) is 0.518. The number of nitrogens with zero attached hydrogens (tertiary/aromatic N) is 3. The van der Waals surface area contributed by atoms with E-state index in [1.165, 1.54) is 7.11 Å². The molecule has 10 nitrogen and oxygen atoms in total. The van der Waals surface area contributed by atoms with Crippen molar-refractivity contribution in [2.45, 2.75) is 70.7 Å². The first-order valence-corrected chi connectivity index (χ1v) is 11.4. The van der Waals surface area contributed by atoms with Crippen LogP contribution in [0.5, 0.6) is 5.88 Å².